The van der Waals surface area contributed by atoms with Gasteiger partial charge in [0.05, 0.1) is 41.1 Å². The Morgan fingerprint density at radius 1 is 1.11 bits per heavy atom. The fraction of sp³-hybridized carbons (Fsp3) is 0.414. The molecule has 184 valence electrons. The number of ether oxygens (including phenoxy) is 2. The summed E-state index contributed by atoms with van der Waals surface area (Å²) in [5, 5.41) is 4.18. The normalized spacial score (nSPS) is 18.9. The van der Waals surface area contributed by atoms with Crippen LogP contribution >= 0.6 is 0 Å². The average Bonchev–Trinajstić information content (AvgIpc) is 3.50. The summed E-state index contributed by atoms with van der Waals surface area (Å²) >= 11 is 0. The molecule has 0 bridgehead atoms. The van der Waals surface area contributed by atoms with Gasteiger partial charge in [-0.15, -0.1) is 0 Å². The van der Waals surface area contributed by atoms with E-state index in [1.54, 1.807) is 7.11 Å². The van der Waals surface area contributed by atoms with Crippen molar-refractivity contribution >= 4 is 17.3 Å². The molecule has 0 amide bonds. The number of benzene rings is 1. The monoisotopic (exact) mass is 472 g/mol. The summed E-state index contributed by atoms with van der Waals surface area (Å²) in [6.07, 6.45) is 4.92. The second-order valence-electron chi connectivity index (χ2n) is 9.97. The molecular formula is C29H36N4O2. The predicted octanol–water partition coefficient (Wildman–Crippen LogP) is 2.28. The minimum atomic E-state index is 0.286. The topological polar surface area (TPSA) is 65.6 Å². The molecule has 0 spiro atoms. The predicted molar refractivity (Wildman–Crippen MR) is 140 cm³/mol. The van der Waals surface area contributed by atoms with Crippen LogP contribution in [0.15, 0.2) is 41.4 Å². The number of piperidine rings is 1. The summed E-state index contributed by atoms with van der Waals surface area (Å²) in [4.78, 5) is 14.6. The third-order valence-corrected chi connectivity index (χ3v) is 6.89. The minimum absolute atomic E-state index is 0.286. The Hall–Kier alpha value is -3.09. The molecule has 0 unspecified atom stereocenters. The minimum Gasteiger partial charge on any atom is -0.494 e. The number of H-pyrrole nitrogens is 2. The number of aromatic amines is 2. The molecule has 6 heteroatoms. The summed E-state index contributed by atoms with van der Waals surface area (Å²) < 4.78 is 11.8. The van der Waals surface area contributed by atoms with Crippen molar-refractivity contribution < 1.29 is 9.47 Å². The molecule has 4 heterocycles. The standard InChI is InChI=1S/C29H36N4O2/c1-18(2)35-21-10-12-33(13-11-21)17-23-22-8-6-7-9-24(22)32-29(23)27-16-28(34-5)26(31-27)15-25-19(3)14-20(4)30-25/h6-9,14-16,18,21,30-31H,10-13,17H2,1-5H3/b26-15-,29-27?. The van der Waals surface area contributed by atoms with E-state index in [2.05, 4.69) is 85.0 Å². The van der Waals surface area contributed by atoms with Crippen LogP contribution in [0.4, 0.5) is 0 Å². The molecular weight excluding hydrogens is 436 g/mol. The molecule has 0 saturated carbocycles. The highest BCUT2D eigenvalue weighted by atomic mass is 16.5. The van der Waals surface area contributed by atoms with Crippen LogP contribution in [-0.4, -0.2) is 53.8 Å². The van der Waals surface area contributed by atoms with Gasteiger partial charge in [0.25, 0.3) is 0 Å². The Kier molecular flexibility index (Phi) is 6.67. The first-order chi connectivity index (χ1) is 16.9. The Morgan fingerprint density at radius 3 is 2.57 bits per heavy atom. The van der Waals surface area contributed by atoms with Gasteiger partial charge in [-0.1, -0.05) is 18.2 Å². The van der Waals surface area contributed by atoms with Crippen LogP contribution in [0.5, 0.6) is 5.75 Å². The summed E-state index contributed by atoms with van der Waals surface area (Å²) in [7, 11) is 1.72. The van der Waals surface area contributed by atoms with Crippen LogP contribution < -0.4 is 26.0 Å². The number of hydrogen-bond acceptors (Lipinski definition) is 4. The molecule has 1 fully saturated rings. The van der Waals surface area contributed by atoms with E-state index in [4.69, 9.17) is 14.5 Å². The zero-order valence-corrected chi connectivity index (χ0v) is 21.4. The molecule has 0 radical (unpaired) electrons. The van der Waals surface area contributed by atoms with Crippen LogP contribution in [0.25, 0.3) is 17.3 Å². The van der Waals surface area contributed by atoms with Crippen LogP contribution in [0, 0.1) is 13.8 Å². The Labute approximate surface area is 206 Å². The first-order valence-corrected chi connectivity index (χ1v) is 12.6. The SMILES string of the molecule is COc1cc(=C2N=c3ccccc3=C2CN2CCC(OC(C)C)CC2)[nH]/c1=C\c1[nH]c(C)cc1C. The highest BCUT2D eigenvalue weighted by molar-refractivity contribution is 5.89. The van der Waals surface area contributed by atoms with Gasteiger partial charge >= 0.3 is 0 Å². The van der Waals surface area contributed by atoms with E-state index >= 15 is 0 Å². The Bertz CT molecular complexity index is 1450. The summed E-state index contributed by atoms with van der Waals surface area (Å²) in [5.74, 6) is 0.816. The lowest BCUT2D eigenvalue weighted by molar-refractivity contribution is -0.0248. The second-order valence-corrected chi connectivity index (χ2v) is 9.97. The Balaban J connectivity index is 1.53. The van der Waals surface area contributed by atoms with Gasteiger partial charge in [0.2, 0.25) is 0 Å². The van der Waals surface area contributed by atoms with E-state index in [0.29, 0.717) is 6.10 Å². The van der Waals surface area contributed by atoms with Crippen molar-refractivity contribution in [2.45, 2.75) is 52.7 Å². The van der Waals surface area contributed by atoms with Gasteiger partial charge in [-0.2, -0.15) is 0 Å². The molecule has 2 N–H and O–H groups in total. The van der Waals surface area contributed by atoms with Gasteiger partial charge in [-0.05, 0) is 64.3 Å². The fourth-order valence-electron chi connectivity index (χ4n) is 5.24. The second kappa shape index (κ2) is 9.88. The maximum absolute atomic E-state index is 6.06. The van der Waals surface area contributed by atoms with Crippen molar-refractivity contribution in [2.75, 3.05) is 26.7 Å². The zero-order valence-electron chi connectivity index (χ0n) is 21.4. The maximum Gasteiger partial charge on any atom is 0.144 e. The van der Waals surface area contributed by atoms with Crippen LogP contribution in [0.1, 0.15) is 43.6 Å². The molecule has 2 aliphatic heterocycles. The molecule has 1 aromatic carbocycles. The van der Waals surface area contributed by atoms with Crippen LogP contribution in [0.2, 0.25) is 0 Å². The number of rotatable bonds is 6. The van der Waals surface area contributed by atoms with E-state index in [9.17, 15) is 0 Å². The molecule has 1 saturated heterocycles. The van der Waals surface area contributed by atoms with E-state index in [1.165, 1.54) is 16.4 Å². The molecule has 5 rings (SSSR count). The number of para-hydroxylation sites is 1. The van der Waals surface area contributed by atoms with Gasteiger partial charge in [-0.25, -0.2) is 4.99 Å². The largest absolute Gasteiger partial charge is 0.494 e. The van der Waals surface area contributed by atoms with Crippen molar-refractivity contribution in [3.05, 3.63) is 74.6 Å². The number of methoxy groups -OCH3 is 1. The highest BCUT2D eigenvalue weighted by Crippen LogP contribution is 2.21. The van der Waals surface area contributed by atoms with Crippen molar-refractivity contribution in [1.82, 2.24) is 14.9 Å². The molecule has 0 aliphatic carbocycles. The molecule has 2 aromatic heterocycles. The number of nitrogens with zero attached hydrogens (tertiary/aromatic N) is 2. The lowest BCUT2D eigenvalue weighted by Gasteiger charge is -2.33. The third-order valence-electron chi connectivity index (χ3n) is 6.89. The molecule has 35 heavy (non-hydrogen) atoms. The van der Waals surface area contributed by atoms with Gasteiger partial charge in [-0.3, -0.25) is 4.90 Å². The lowest BCUT2D eigenvalue weighted by atomic mass is 10.0. The van der Waals surface area contributed by atoms with Crippen LogP contribution in [-0.2, 0) is 4.74 Å². The lowest BCUT2D eigenvalue weighted by Crippen LogP contribution is -2.39. The summed E-state index contributed by atoms with van der Waals surface area (Å²) in [6.45, 7) is 11.4. The van der Waals surface area contributed by atoms with Crippen molar-refractivity contribution in [2.24, 2.45) is 4.99 Å². The third kappa shape index (κ3) is 5.00. The quantitative estimate of drug-likeness (QED) is 0.579. The first kappa shape index (κ1) is 23.6. The summed E-state index contributed by atoms with van der Waals surface area (Å²) in [5.41, 5.74) is 5.72. The maximum atomic E-state index is 6.06. The molecule has 0 atom stereocenters. The summed E-state index contributed by atoms with van der Waals surface area (Å²) in [6, 6.07) is 12.7. The smallest absolute Gasteiger partial charge is 0.144 e. The van der Waals surface area contributed by atoms with E-state index in [-0.39, 0.29) is 6.10 Å². The molecule has 3 aromatic rings. The van der Waals surface area contributed by atoms with Gasteiger partial charge in [0, 0.05) is 47.9 Å². The van der Waals surface area contributed by atoms with Gasteiger partial charge in [0.1, 0.15) is 5.75 Å². The van der Waals surface area contributed by atoms with E-state index in [1.807, 2.05) is 0 Å². The molecule has 6 nitrogen and oxygen atoms in total. The van der Waals surface area contributed by atoms with Crippen molar-refractivity contribution in [3.63, 3.8) is 0 Å². The first-order valence-electron chi connectivity index (χ1n) is 12.6. The van der Waals surface area contributed by atoms with Crippen molar-refractivity contribution in [1.29, 1.82) is 0 Å². The van der Waals surface area contributed by atoms with E-state index in [0.717, 1.165) is 71.4 Å². The van der Waals surface area contributed by atoms with Gasteiger partial charge in [0.15, 0.2) is 0 Å². The number of aromatic nitrogens is 2. The highest BCUT2D eigenvalue weighted by Gasteiger charge is 2.24. The zero-order chi connectivity index (χ0) is 24.5. The number of likely N-dealkylation sites (tertiary alicyclic amines) is 1. The fourth-order valence-corrected chi connectivity index (χ4v) is 5.24. The van der Waals surface area contributed by atoms with Crippen molar-refractivity contribution in [3.8, 4) is 5.75 Å². The van der Waals surface area contributed by atoms with Gasteiger partial charge < -0.3 is 19.4 Å². The number of nitrogens with one attached hydrogen (secondary N) is 2. The van der Waals surface area contributed by atoms with E-state index < -0.39 is 0 Å². The van der Waals surface area contributed by atoms with Crippen LogP contribution in [0.3, 0.4) is 0 Å². The Morgan fingerprint density at radius 2 is 1.89 bits per heavy atom. The molecule has 2 aliphatic rings. The average molecular weight is 473 g/mol. The number of hydrogen-bond donors (Lipinski definition) is 2. The number of fused-ring (bicyclic) bond motifs is 1. The number of aryl methyl sites for hydroxylation is 2.